The molecule has 0 spiro atoms. The van der Waals surface area contributed by atoms with Crippen LogP contribution < -0.4 is 9.64 Å². The van der Waals surface area contributed by atoms with E-state index in [-0.39, 0.29) is 17.7 Å². The van der Waals surface area contributed by atoms with Gasteiger partial charge in [0.15, 0.2) is 0 Å². The quantitative estimate of drug-likeness (QED) is 0.753. The van der Waals surface area contributed by atoms with Crippen LogP contribution in [0.15, 0.2) is 30.3 Å². The number of amides is 2. The number of thiophene rings is 1. The van der Waals surface area contributed by atoms with Crippen LogP contribution in [0.25, 0.3) is 0 Å². The predicted molar refractivity (Wildman–Crippen MR) is 120 cm³/mol. The molecule has 1 aromatic heterocycles. The van der Waals surface area contributed by atoms with E-state index in [4.69, 9.17) is 4.74 Å². The predicted octanol–water partition coefficient (Wildman–Crippen LogP) is 2.91. The first kappa shape index (κ1) is 20.7. The molecule has 2 aliphatic rings. The van der Waals surface area contributed by atoms with Gasteiger partial charge >= 0.3 is 0 Å². The minimum Gasteiger partial charge on any atom is -0.495 e. The molecule has 2 heterocycles. The number of rotatable bonds is 4. The number of para-hydroxylation sites is 2. The topological polar surface area (TPSA) is 53.1 Å². The number of aryl methyl sites for hydroxylation is 1. The highest BCUT2D eigenvalue weighted by atomic mass is 32.1. The van der Waals surface area contributed by atoms with E-state index in [0.29, 0.717) is 0 Å². The first-order chi connectivity index (χ1) is 14.5. The molecule has 2 amide bonds. The van der Waals surface area contributed by atoms with Crippen molar-refractivity contribution in [2.75, 3.05) is 52.3 Å². The van der Waals surface area contributed by atoms with Crippen molar-refractivity contribution in [3.05, 3.63) is 45.6 Å². The molecule has 6 nitrogen and oxygen atoms in total. The Morgan fingerprint density at radius 1 is 1.13 bits per heavy atom. The van der Waals surface area contributed by atoms with E-state index in [1.54, 1.807) is 37.4 Å². The first-order valence-electron chi connectivity index (χ1n) is 10.5. The summed E-state index contributed by atoms with van der Waals surface area (Å²) in [6.45, 7) is 3.08. The van der Waals surface area contributed by atoms with E-state index in [1.807, 2.05) is 29.2 Å². The Labute approximate surface area is 182 Å². The number of fused-ring (bicyclic) bond motifs is 1. The zero-order valence-corrected chi connectivity index (χ0v) is 18.7. The average Bonchev–Trinajstić information content (AvgIpc) is 3.21. The Morgan fingerprint density at radius 3 is 2.57 bits per heavy atom. The van der Waals surface area contributed by atoms with Crippen molar-refractivity contribution in [2.45, 2.75) is 19.3 Å². The lowest BCUT2D eigenvalue weighted by Crippen LogP contribution is -2.51. The summed E-state index contributed by atoms with van der Waals surface area (Å²) < 4.78 is 5.49. The number of anilines is 1. The van der Waals surface area contributed by atoms with Gasteiger partial charge < -0.3 is 19.4 Å². The number of carbonyl (C=O) groups is 2. The maximum atomic E-state index is 13.2. The number of carbonyl (C=O) groups excluding carboxylic acids is 2. The van der Waals surface area contributed by atoms with Crippen LogP contribution in [0.3, 0.4) is 0 Å². The van der Waals surface area contributed by atoms with E-state index in [2.05, 4.69) is 11.0 Å². The summed E-state index contributed by atoms with van der Waals surface area (Å²) in [5, 5.41) is 0. The fourth-order valence-electron chi connectivity index (χ4n) is 4.38. The van der Waals surface area contributed by atoms with E-state index in [0.717, 1.165) is 61.8 Å². The molecule has 160 valence electrons. The summed E-state index contributed by atoms with van der Waals surface area (Å²) in [6.07, 6.45) is 2.51. The van der Waals surface area contributed by atoms with Gasteiger partial charge in [0.25, 0.3) is 5.91 Å². The summed E-state index contributed by atoms with van der Waals surface area (Å²) in [7, 11) is 5.24. The van der Waals surface area contributed by atoms with Crippen LogP contribution in [0.5, 0.6) is 5.75 Å². The van der Waals surface area contributed by atoms with Gasteiger partial charge in [-0.05, 0) is 43.0 Å². The van der Waals surface area contributed by atoms with Crippen LogP contribution in [-0.2, 0) is 17.6 Å². The molecule has 0 N–H and O–H groups in total. The molecule has 0 unspecified atom stereocenters. The Hall–Kier alpha value is -2.54. The molecular weight excluding hydrogens is 398 g/mol. The second kappa shape index (κ2) is 8.68. The Morgan fingerprint density at radius 2 is 1.87 bits per heavy atom. The van der Waals surface area contributed by atoms with Crippen molar-refractivity contribution < 1.29 is 14.3 Å². The second-order valence-electron chi connectivity index (χ2n) is 8.18. The summed E-state index contributed by atoms with van der Waals surface area (Å²) >= 11 is 1.59. The fraction of sp³-hybridized carbons (Fsp3) is 0.478. The van der Waals surface area contributed by atoms with Crippen LogP contribution in [0, 0.1) is 5.92 Å². The van der Waals surface area contributed by atoms with Gasteiger partial charge in [-0.3, -0.25) is 9.59 Å². The highest BCUT2D eigenvalue weighted by Gasteiger charge is 2.32. The lowest BCUT2D eigenvalue weighted by Gasteiger charge is -2.38. The molecule has 30 heavy (non-hydrogen) atoms. The van der Waals surface area contributed by atoms with Gasteiger partial charge in [0.05, 0.1) is 17.7 Å². The zero-order valence-electron chi connectivity index (χ0n) is 17.9. The van der Waals surface area contributed by atoms with Crippen LogP contribution in [0.1, 0.15) is 26.5 Å². The Balaban J connectivity index is 1.38. The first-order valence-corrected chi connectivity index (χ1v) is 11.3. The molecule has 1 aliphatic carbocycles. The number of methoxy groups -OCH3 is 1. The molecule has 0 radical (unpaired) electrons. The lowest BCUT2D eigenvalue weighted by atomic mass is 9.87. The zero-order chi connectivity index (χ0) is 21.3. The van der Waals surface area contributed by atoms with Crippen LogP contribution >= 0.6 is 11.3 Å². The van der Waals surface area contributed by atoms with Crippen LogP contribution in [0.2, 0.25) is 0 Å². The molecule has 1 fully saturated rings. The van der Waals surface area contributed by atoms with Crippen molar-refractivity contribution >= 4 is 28.8 Å². The van der Waals surface area contributed by atoms with E-state index < -0.39 is 0 Å². The van der Waals surface area contributed by atoms with Gasteiger partial charge in [-0.2, -0.15) is 0 Å². The Kier molecular flexibility index (Phi) is 5.99. The van der Waals surface area contributed by atoms with Crippen molar-refractivity contribution in [3.63, 3.8) is 0 Å². The van der Waals surface area contributed by atoms with E-state index in [9.17, 15) is 9.59 Å². The summed E-state index contributed by atoms with van der Waals surface area (Å²) in [5.41, 5.74) is 2.27. The smallest absolute Gasteiger partial charge is 0.263 e. The lowest BCUT2D eigenvalue weighted by molar-refractivity contribution is -0.136. The van der Waals surface area contributed by atoms with Gasteiger partial charge in [0.1, 0.15) is 5.75 Å². The second-order valence-corrected chi connectivity index (χ2v) is 9.32. The van der Waals surface area contributed by atoms with Crippen LogP contribution in [0.4, 0.5) is 5.69 Å². The van der Waals surface area contributed by atoms with Crippen molar-refractivity contribution in [1.29, 1.82) is 0 Å². The maximum Gasteiger partial charge on any atom is 0.263 e. The number of nitrogens with zero attached hydrogens (tertiary/aromatic N) is 3. The normalized spacial score (nSPS) is 18.7. The summed E-state index contributed by atoms with van der Waals surface area (Å²) in [6, 6.07) is 10.0. The van der Waals surface area contributed by atoms with Crippen molar-refractivity contribution in [1.82, 2.24) is 9.80 Å². The van der Waals surface area contributed by atoms with Crippen molar-refractivity contribution in [3.8, 4) is 5.75 Å². The molecule has 1 aliphatic heterocycles. The molecule has 0 bridgehead atoms. The number of benzene rings is 1. The molecule has 7 heteroatoms. The number of hydrogen-bond acceptors (Lipinski definition) is 5. The number of hydrogen-bond donors (Lipinski definition) is 0. The summed E-state index contributed by atoms with van der Waals surface area (Å²) in [4.78, 5) is 33.4. The SMILES string of the molecule is COc1ccccc1N1CCN(C(=O)[C@H]2CCc3sc(C(=O)N(C)C)cc3C2)CC1. The van der Waals surface area contributed by atoms with Gasteiger partial charge in [-0.15, -0.1) is 11.3 Å². The van der Waals surface area contributed by atoms with Gasteiger partial charge in [0, 0.05) is 51.1 Å². The average molecular weight is 428 g/mol. The molecule has 1 atom stereocenters. The molecule has 1 aromatic carbocycles. The summed E-state index contributed by atoms with van der Waals surface area (Å²) in [5.74, 6) is 1.20. The highest BCUT2D eigenvalue weighted by molar-refractivity contribution is 7.14. The third-order valence-electron chi connectivity index (χ3n) is 6.07. The fourth-order valence-corrected chi connectivity index (χ4v) is 5.61. The van der Waals surface area contributed by atoms with Crippen molar-refractivity contribution in [2.24, 2.45) is 5.92 Å². The number of piperazine rings is 1. The molecule has 4 rings (SSSR count). The third-order valence-corrected chi connectivity index (χ3v) is 7.29. The van der Waals surface area contributed by atoms with E-state index >= 15 is 0 Å². The van der Waals surface area contributed by atoms with E-state index in [1.165, 1.54) is 10.4 Å². The highest BCUT2D eigenvalue weighted by Crippen LogP contribution is 2.34. The molecule has 0 saturated carbocycles. The monoisotopic (exact) mass is 427 g/mol. The van der Waals surface area contributed by atoms with Gasteiger partial charge in [0.2, 0.25) is 5.91 Å². The minimum absolute atomic E-state index is 0.0206. The Bertz CT molecular complexity index is 932. The third kappa shape index (κ3) is 4.03. The molecule has 1 saturated heterocycles. The van der Waals surface area contributed by atoms with Gasteiger partial charge in [-0.1, -0.05) is 12.1 Å². The molecule has 2 aromatic rings. The molecular formula is C23H29N3O3S. The minimum atomic E-state index is 0.0206. The maximum absolute atomic E-state index is 13.2. The van der Waals surface area contributed by atoms with Crippen LogP contribution in [-0.4, -0.2) is 69.0 Å². The van der Waals surface area contributed by atoms with Gasteiger partial charge in [-0.25, -0.2) is 0 Å². The number of ether oxygens (including phenoxy) is 1. The standard InChI is InChI=1S/C23H29N3O3S/c1-24(2)23(28)21-15-17-14-16(8-9-20(17)30-21)22(27)26-12-10-25(11-13-26)18-6-4-5-7-19(18)29-3/h4-7,15-16H,8-14H2,1-3H3/t16-/m0/s1. The largest absolute Gasteiger partial charge is 0.495 e.